The van der Waals surface area contributed by atoms with Crippen molar-refractivity contribution in [2.75, 3.05) is 0 Å². The van der Waals surface area contributed by atoms with Crippen molar-refractivity contribution >= 4 is 0 Å². The molecule has 2 rings (SSSR count). The van der Waals surface area contributed by atoms with Crippen molar-refractivity contribution in [3.05, 3.63) is 23.3 Å². The third-order valence-electron chi connectivity index (χ3n) is 2.70. The lowest BCUT2D eigenvalue weighted by molar-refractivity contribution is 0.401. The van der Waals surface area contributed by atoms with Crippen molar-refractivity contribution in [1.82, 2.24) is 0 Å². The molecule has 0 nitrogen and oxygen atoms in total. The molecule has 0 bridgehead atoms. The van der Waals surface area contributed by atoms with E-state index in [1.165, 1.54) is 25.7 Å². The molecule has 0 atom stereocenters. The van der Waals surface area contributed by atoms with Crippen LogP contribution in [-0.2, 0) is 0 Å². The molecule has 0 heterocycles. The largest absolute Gasteiger partial charge is 0.0807 e. The summed E-state index contributed by atoms with van der Waals surface area (Å²) in [5, 5.41) is 0. The van der Waals surface area contributed by atoms with Gasteiger partial charge in [-0.2, -0.15) is 0 Å². The minimum absolute atomic E-state index is 0.544. The highest BCUT2D eigenvalue weighted by Crippen LogP contribution is 2.45. The maximum Gasteiger partial charge on any atom is -0.0225 e. The van der Waals surface area contributed by atoms with Crippen LogP contribution in [0.3, 0.4) is 0 Å². The molecule has 0 amide bonds. The molecule has 1 fully saturated rings. The second-order valence-electron chi connectivity index (χ2n) is 4.55. The van der Waals surface area contributed by atoms with Crippen LogP contribution in [0.15, 0.2) is 23.3 Å². The first-order chi connectivity index (χ1) is 5.17. The van der Waals surface area contributed by atoms with Gasteiger partial charge in [-0.1, -0.05) is 26.0 Å². The van der Waals surface area contributed by atoms with Gasteiger partial charge in [-0.25, -0.2) is 0 Å². The summed E-state index contributed by atoms with van der Waals surface area (Å²) in [6.45, 7) is 4.74. The van der Waals surface area contributed by atoms with Crippen LogP contribution in [0.5, 0.6) is 0 Å². The first-order valence-electron chi connectivity index (χ1n) is 4.56. The van der Waals surface area contributed by atoms with Gasteiger partial charge in [0, 0.05) is 0 Å². The maximum atomic E-state index is 2.43. The van der Waals surface area contributed by atoms with E-state index in [0.717, 1.165) is 0 Å². The molecular weight excluding hydrogens is 132 g/mol. The van der Waals surface area contributed by atoms with E-state index in [1.807, 2.05) is 0 Å². The third-order valence-corrected chi connectivity index (χ3v) is 2.70. The molecule has 0 aliphatic heterocycles. The highest BCUT2D eigenvalue weighted by Gasteiger charge is 2.30. The van der Waals surface area contributed by atoms with Gasteiger partial charge in [0.05, 0.1) is 0 Å². The summed E-state index contributed by atoms with van der Waals surface area (Å²) < 4.78 is 0. The zero-order chi connectivity index (χ0) is 7.90. The summed E-state index contributed by atoms with van der Waals surface area (Å²) >= 11 is 0. The lowest BCUT2D eigenvalue weighted by Gasteiger charge is -2.13. The minimum Gasteiger partial charge on any atom is -0.0807 e. The molecule has 0 N–H and O–H groups in total. The van der Waals surface area contributed by atoms with Gasteiger partial charge in [-0.3, -0.25) is 0 Å². The lowest BCUT2D eigenvalue weighted by Crippen LogP contribution is -2.02. The second kappa shape index (κ2) is 2.23. The fourth-order valence-corrected chi connectivity index (χ4v) is 2.24. The van der Waals surface area contributed by atoms with E-state index in [0.29, 0.717) is 5.41 Å². The predicted octanol–water partition coefficient (Wildman–Crippen LogP) is 3.45. The average Bonchev–Trinajstić information content (AvgIpc) is 2.21. The van der Waals surface area contributed by atoms with Gasteiger partial charge >= 0.3 is 0 Å². The molecule has 2 aliphatic carbocycles. The van der Waals surface area contributed by atoms with E-state index >= 15 is 0 Å². The van der Waals surface area contributed by atoms with Crippen molar-refractivity contribution in [3.63, 3.8) is 0 Å². The van der Waals surface area contributed by atoms with Crippen LogP contribution in [0.25, 0.3) is 0 Å². The van der Waals surface area contributed by atoms with Crippen LogP contribution < -0.4 is 0 Å². The Balaban J connectivity index is 2.29. The summed E-state index contributed by atoms with van der Waals surface area (Å²) in [6, 6.07) is 0. The van der Waals surface area contributed by atoms with Crippen molar-refractivity contribution < 1.29 is 0 Å². The van der Waals surface area contributed by atoms with Crippen molar-refractivity contribution in [2.45, 2.75) is 39.5 Å². The number of fused-ring (bicyclic) bond motifs is 1. The first-order valence-corrected chi connectivity index (χ1v) is 4.56. The van der Waals surface area contributed by atoms with E-state index < -0.39 is 0 Å². The Kier molecular flexibility index (Phi) is 1.45. The van der Waals surface area contributed by atoms with Gasteiger partial charge < -0.3 is 0 Å². The van der Waals surface area contributed by atoms with E-state index in [4.69, 9.17) is 0 Å². The molecule has 0 unspecified atom stereocenters. The molecule has 0 heteroatoms. The Morgan fingerprint density at radius 2 is 1.45 bits per heavy atom. The predicted molar refractivity (Wildman–Crippen MR) is 48.4 cm³/mol. The minimum atomic E-state index is 0.544. The number of allylic oxidation sites excluding steroid dienone is 4. The van der Waals surface area contributed by atoms with E-state index in [-0.39, 0.29) is 0 Å². The molecular formula is C11H16. The van der Waals surface area contributed by atoms with Gasteiger partial charge in [-0.05, 0) is 42.2 Å². The Hall–Kier alpha value is -0.520. The van der Waals surface area contributed by atoms with Crippen LogP contribution >= 0.6 is 0 Å². The molecule has 2 aliphatic rings. The highest BCUT2D eigenvalue weighted by molar-refractivity contribution is 5.39. The van der Waals surface area contributed by atoms with Gasteiger partial charge in [0.2, 0.25) is 0 Å². The molecule has 0 radical (unpaired) electrons. The summed E-state index contributed by atoms with van der Waals surface area (Å²) in [7, 11) is 0. The maximum absolute atomic E-state index is 2.43. The summed E-state index contributed by atoms with van der Waals surface area (Å²) in [5.74, 6) is 0. The monoisotopic (exact) mass is 148 g/mol. The van der Waals surface area contributed by atoms with Gasteiger partial charge in [0.25, 0.3) is 0 Å². The van der Waals surface area contributed by atoms with Crippen molar-refractivity contribution in [2.24, 2.45) is 5.41 Å². The summed E-state index contributed by atoms with van der Waals surface area (Å²) in [4.78, 5) is 0. The Morgan fingerprint density at radius 1 is 1.00 bits per heavy atom. The van der Waals surface area contributed by atoms with E-state index in [2.05, 4.69) is 26.0 Å². The topological polar surface area (TPSA) is 0 Å². The average molecular weight is 148 g/mol. The molecule has 1 saturated carbocycles. The second-order valence-corrected chi connectivity index (χ2v) is 4.55. The standard InChI is InChI=1S/C11H16/c1-11(2)7-9-5-3-4-6-10(9)8-11/h5-6H,3-4,7-8H2,1-2H3. The fourth-order valence-electron chi connectivity index (χ4n) is 2.24. The van der Waals surface area contributed by atoms with Crippen LogP contribution in [0.4, 0.5) is 0 Å². The Bertz CT molecular complexity index is 204. The summed E-state index contributed by atoms with van der Waals surface area (Å²) in [6.07, 6.45) is 10.0. The van der Waals surface area contributed by atoms with Crippen LogP contribution in [0, 0.1) is 5.41 Å². The van der Waals surface area contributed by atoms with E-state index in [9.17, 15) is 0 Å². The molecule has 11 heavy (non-hydrogen) atoms. The third kappa shape index (κ3) is 1.26. The fraction of sp³-hybridized carbons (Fsp3) is 0.636. The molecule has 0 aromatic rings. The highest BCUT2D eigenvalue weighted by atomic mass is 14.4. The van der Waals surface area contributed by atoms with Gasteiger partial charge in [0.15, 0.2) is 0 Å². The molecule has 0 spiro atoms. The van der Waals surface area contributed by atoms with Crippen molar-refractivity contribution in [1.29, 1.82) is 0 Å². The summed E-state index contributed by atoms with van der Waals surface area (Å²) in [5.41, 5.74) is 3.82. The van der Waals surface area contributed by atoms with Crippen molar-refractivity contribution in [3.8, 4) is 0 Å². The Morgan fingerprint density at radius 3 is 1.91 bits per heavy atom. The molecule has 0 aromatic carbocycles. The Labute approximate surface area is 69.0 Å². The van der Waals surface area contributed by atoms with Crippen LogP contribution in [0.2, 0.25) is 0 Å². The zero-order valence-electron chi connectivity index (χ0n) is 7.48. The number of hydrogen-bond donors (Lipinski definition) is 0. The molecule has 60 valence electrons. The van der Waals surface area contributed by atoms with Gasteiger partial charge in [-0.15, -0.1) is 0 Å². The van der Waals surface area contributed by atoms with Gasteiger partial charge in [0.1, 0.15) is 0 Å². The zero-order valence-corrected chi connectivity index (χ0v) is 7.48. The smallest absolute Gasteiger partial charge is 0.0225 e. The molecule has 0 saturated heterocycles. The SMILES string of the molecule is CC1(C)CC2=CCCC=C2C1. The normalized spacial score (nSPS) is 27.5. The van der Waals surface area contributed by atoms with Crippen LogP contribution in [-0.4, -0.2) is 0 Å². The number of hydrogen-bond acceptors (Lipinski definition) is 0. The quantitative estimate of drug-likeness (QED) is 0.493. The molecule has 0 aromatic heterocycles. The van der Waals surface area contributed by atoms with E-state index in [1.54, 1.807) is 11.1 Å². The number of rotatable bonds is 0. The van der Waals surface area contributed by atoms with Crippen LogP contribution in [0.1, 0.15) is 39.5 Å². The lowest BCUT2D eigenvalue weighted by atomic mass is 9.91. The first kappa shape index (κ1) is 7.15.